The molecule has 96 valence electrons. The molecule has 0 aliphatic heterocycles. The van der Waals surface area contributed by atoms with Crippen molar-refractivity contribution in [2.24, 2.45) is 0 Å². The van der Waals surface area contributed by atoms with E-state index in [1.807, 2.05) is 0 Å². The zero-order valence-electron chi connectivity index (χ0n) is 8.74. The monoisotopic (exact) mass is 302 g/mol. The Labute approximate surface area is 108 Å². The van der Waals surface area contributed by atoms with E-state index in [4.69, 9.17) is 32.7 Å². The van der Waals surface area contributed by atoms with E-state index in [9.17, 15) is 12.3 Å². The van der Waals surface area contributed by atoms with Crippen molar-refractivity contribution >= 4 is 33.4 Å². The van der Waals surface area contributed by atoms with Gasteiger partial charge in [-0.15, -0.1) is 3.89 Å². The van der Waals surface area contributed by atoms with Gasteiger partial charge in [0.2, 0.25) is 0 Å². The van der Waals surface area contributed by atoms with Crippen LogP contribution in [0.1, 0.15) is 0 Å². The molecule has 4 nitrogen and oxygen atoms in total. The van der Waals surface area contributed by atoms with Gasteiger partial charge in [0.15, 0.2) is 5.75 Å². The molecule has 8 heteroatoms. The second kappa shape index (κ2) is 5.86. The van der Waals surface area contributed by atoms with E-state index in [2.05, 4.69) is 0 Å². The van der Waals surface area contributed by atoms with Gasteiger partial charge in [-0.25, -0.2) is 0 Å². The maximum absolute atomic E-state index is 12.7. The molecule has 0 atom stereocenters. The maximum Gasteiger partial charge on any atom is 0.332 e. The van der Waals surface area contributed by atoms with Crippen molar-refractivity contribution in [3.05, 3.63) is 22.2 Å². The van der Waals surface area contributed by atoms with Crippen molar-refractivity contribution in [2.45, 2.75) is 4.90 Å². The summed E-state index contributed by atoms with van der Waals surface area (Å²) in [4.78, 5) is -0.605. The van der Waals surface area contributed by atoms with Gasteiger partial charge in [0.05, 0.1) is 16.7 Å². The molecule has 0 aromatic heterocycles. The Morgan fingerprint density at radius 2 is 1.76 bits per heavy atom. The van der Waals surface area contributed by atoms with Crippen molar-refractivity contribution in [3.8, 4) is 5.75 Å². The normalized spacial score (nSPS) is 11.5. The molecule has 0 radical (unpaired) electrons. The Balaban J connectivity index is 3.03. The van der Waals surface area contributed by atoms with Crippen molar-refractivity contribution in [2.75, 3.05) is 20.3 Å². The van der Waals surface area contributed by atoms with E-state index in [1.54, 1.807) is 0 Å². The summed E-state index contributed by atoms with van der Waals surface area (Å²) in [5.74, 6) is 0.0952. The highest BCUT2D eigenvalue weighted by molar-refractivity contribution is 7.86. The maximum atomic E-state index is 12.7. The molecule has 0 spiro atoms. The lowest BCUT2D eigenvalue weighted by Gasteiger charge is -2.10. The molecule has 17 heavy (non-hydrogen) atoms. The minimum Gasteiger partial charge on any atom is -0.488 e. The number of hydrogen-bond acceptors (Lipinski definition) is 4. The average Bonchev–Trinajstić information content (AvgIpc) is 2.20. The molecule has 0 bridgehead atoms. The van der Waals surface area contributed by atoms with Crippen molar-refractivity contribution in [3.63, 3.8) is 0 Å². The number of hydrogen-bond donors (Lipinski definition) is 0. The number of halogens is 3. The van der Waals surface area contributed by atoms with Crippen LogP contribution >= 0.6 is 23.2 Å². The van der Waals surface area contributed by atoms with Crippen molar-refractivity contribution in [1.82, 2.24) is 0 Å². The highest BCUT2D eigenvalue weighted by Gasteiger charge is 2.18. The lowest BCUT2D eigenvalue weighted by atomic mass is 10.3. The molecule has 0 unspecified atom stereocenters. The molecule has 0 amide bonds. The number of methoxy groups -OCH3 is 1. The molecule has 1 aromatic carbocycles. The third kappa shape index (κ3) is 3.99. The standard InChI is InChI=1S/C9H9Cl2FO4S/c1-15-2-3-16-9-7(10)4-6(5-8(9)11)17(12,13)14/h4-5H,2-3H2,1H3. The van der Waals surface area contributed by atoms with Gasteiger partial charge in [-0.1, -0.05) is 23.2 Å². The quantitative estimate of drug-likeness (QED) is 0.620. The van der Waals surface area contributed by atoms with E-state index in [0.717, 1.165) is 12.1 Å². The fourth-order valence-corrected chi connectivity index (χ4v) is 2.29. The Hall–Kier alpha value is -0.560. The summed E-state index contributed by atoms with van der Waals surface area (Å²) in [5.41, 5.74) is 0. The van der Waals surface area contributed by atoms with Gasteiger partial charge in [-0.05, 0) is 12.1 Å². The first-order valence-electron chi connectivity index (χ1n) is 4.41. The molecule has 0 heterocycles. The lowest BCUT2D eigenvalue weighted by Crippen LogP contribution is -2.05. The Morgan fingerprint density at radius 1 is 1.24 bits per heavy atom. The number of ether oxygens (including phenoxy) is 2. The molecular weight excluding hydrogens is 294 g/mol. The van der Waals surface area contributed by atoms with Crippen LogP contribution in [0.4, 0.5) is 3.89 Å². The van der Waals surface area contributed by atoms with E-state index in [-0.39, 0.29) is 22.4 Å². The van der Waals surface area contributed by atoms with E-state index in [0.29, 0.717) is 6.61 Å². The van der Waals surface area contributed by atoms with E-state index >= 15 is 0 Å². The Morgan fingerprint density at radius 3 is 2.18 bits per heavy atom. The van der Waals surface area contributed by atoms with Crippen LogP contribution in [0.15, 0.2) is 17.0 Å². The highest BCUT2D eigenvalue weighted by Crippen LogP contribution is 2.35. The van der Waals surface area contributed by atoms with Crippen LogP contribution in [0.5, 0.6) is 5.75 Å². The Bertz CT molecular complexity index is 481. The topological polar surface area (TPSA) is 52.6 Å². The summed E-state index contributed by atoms with van der Waals surface area (Å²) in [6, 6.07) is 1.87. The van der Waals surface area contributed by atoms with Crippen molar-refractivity contribution in [1.29, 1.82) is 0 Å². The van der Waals surface area contributed by atoms with Crippen LogP contribution in [0.3, 0.4) is 0 Å². The molecule has 0 saturated carbocycles. The molecule has 0 aliphatic rings. The molecular formula is C9H9Cl2FO4S. The van der Waals surface area contributed by atoms with Gasteiger partial charge in [-0.2, -0.15) is 8.42 Å². The molecule has 0 saturated heterocycles. The predicted octanol–water partition coefficient (Wildman–Crippen LogP) is 2.68. The SMILES string of the molecule is COCCOc1c(Cl)cc(S(=O)(=O)F)cc1Cl. The van der Waals surface area contributed by atoms with Crippen LogP contribution < -0.4 is 4.74 Å². The average molecular weight is 303 g/mol. The zero-order valence-corrected chi connectivity index (χ0v) is 11.1. The third-order valence-electron chi connectivity index (χ3n) is 1.79. The summed E-state index contributed by atoms with van der Waals surface area (Å²) in [6.45, 7) is 0.507. The van der Waals surface area contributed by atoms with Crippen LogP contribution in [-0.4, -0.2) is 28.7 Å². The van der Waals surface area contributed by atoms with Crippen LogP contribution in [0.25, 0.3) is 0 Å². The molecule has 1 aromatic rings. The summed E-state index contributed by atoms with van der Waals surface area (Å²) in [6.07, 6.45) is 0. The molecule has 0 aliphatic carbocycles. The smallest absolute Gasteiger partial charge is 0.332 e. The number of rotatable bonds is 5. The summed E-state index contributed by atoms with van der Waals surface area (Å²) in [5, 5.41) is -0.158. The molecule has 1 rings (SSSR count). The summed E-state index contributed by atoms with van der Waals surface area (Å²) in [7, 11) is -3.35. The van der Waals surface area contributed by atoms with Crippen LogP contribution in [0, 0.1) is 0 Å². The van der Waals surface area contributed by atoms with Gasteiger partial charge in [0, 0.05) is 7.11 Å². The minimum absolute atomic E-state index is 0.0789. The van der Waals surface area contributed by atoms with Gasteiger partial charge < -0.3 is 9.47 Å². The summed E-state index contributed by atoms with van der Waals surface area (Å²) >= 11 is 11.5. The van der Waals surface area contributed by atoms with Crippen molar-refractivity contribution < 1.29 is 21.8 Å². The first kappa shape index (κ1) is 14.5. The van der Waals surface area contributed by atoms with Gasteiger partial charge in [0.1, 0.15) is 11.5 Å². The first-order chi connectivity index (χ1) is 7.86. The largest absolute Gasteiger partial charge is 0.488 e. The lowest BCUT2D eigenvalue weighted by molar-refractivity contribution is 0.146. The zero-order chi connectivity index (χ0) is 13.1. The number of benzene rings is 1. The first-order valence-corrected chi connectivity index (χ1v) is 6.55. The fourth-order valence-electron chi connectivity index (χ4n) is 1.04. The van der Waals surface area contributed by atoms with E-state index in [1.165, 1.54) is 7.11 Å². The molecule has 0 fully saturated rings. The Kier molecular flexibility index (Phi) is 5.00. The third-order valence-corrected chi connectivity index (χ3v) is 3.15. The van der Waals surface area contributed by atoms with E-state index < -0.39 is 15.1 Å². The fraction of sp³-hybridized carbons (Fsp3) is 0.333. The van der Waals surface area contributed by atoms with Gasteiger partial charge in [-0.3, -0.25) is 0 Å². The minimum atomic E-state index is -4.84. The predicted molar refractivity (Wildman–Crippen MR) is 62.1 cm³/mol. The second-order valence-corrected chi connectivity index (χ2v) is 5.16. The van der Waals surface area contributed by atoms with Gasteiger partial charge in [0.25, 0.3) is 0 Å². The highest BCUT2D eigenvalue weighted by atomic mass is 35.5. The summed E-state index contributed by atoms with van der Waals surface area (Å²) < 4.78 is 44.0. The second-order valence-electron chi connectivity index (χ2n) is 3.00. The van der Waals surface area contributed by atoms with Crippen LogP contribution in [-0.2, 0) is 15.0 Å². The van der Waals surface area contributed by atoms with Gasteiger partial charge >= 0.3 is 10.2 Å². The van der Waals surface area contributed by atoms with Crippen LogP contribution in [0.2, 0.25) is 10.0 Å². The molecule has 0 N–H and O–H groups in total.